The van der Waals surface area contributed by atoms with Crippen molar-refractivity contribution < 1.29 is 9.13 Å². The van der Waals surface area contributed by atoms with Gasteiger partial charge in [-0.15, -0.1) is 35.3 Å². The number of aliphatic imine (C=N–C) groups is 1. The van der Waals surface area contributed by atoms with Gasteiger partial charge in [-0.25, -0.2) is 14.4 Å². The van der Waals surface area contributed by atoms with E-state index in [2.05, 4.69) is 25.6 Å². The smallest absolute Gasteiger partial charge is 0.219 e. The minimum Gasteiger partial charge on any atom is -0.439 e. The highest BCUT2D eigenvalue weighted by Crippen LogP contribution is 2.20. The molecular weight excluding hydrogens is 492 g/mol. The SMILES string of the molecule is CN=C(NCc1ccc(Oc2cccc(F)c2)nc1)NCc1ncc(C)s1.I. The average Bonchev–Trinajstić information content (AvgIpc) is 3.08. The summed E-state index contributed by atoms with van der Waals surface area (Å²) < 4.78 is 18.7. The van der Waals surface area contributed by atoms with Gasteiger partial charge in [-0.05, 0) is 24.6 Å². The molecule has 3 aromatic rings. The van der Waals surface area contributed by atoms with Gasteiger partial charge in [0.25, 0.3) is 0 Å². The molecule has 2 aromatic heterocycles. The highest BCUT2D eigenvalue weighted by molar-refractivity contribution is 14.0. The van der Waals surface area contributed by atoms with Crippen molar-refractivity contribution in [2.75, 3.05) is 7.05 Å². The van der Waals surface area contributed by atoms with E-state index in [1.54, 1.807) is 42.8 Å². The second kappa shape index (κ2) is 10.9. The summed E-state index contributed by atoms with van der Waals surface area (Å²) in [6.07, 6.45) is 3.57. The Morgan fingerprint density at radius 3 is 2.61 bits per heavy atom. The molecule has 0 bridgehead atoms. The van der Waals surface area contributed by atoms with E-state index in [-0.39, 0.29) is 29.8 Å². The first-order chi connectivity index (χ1) is 13.1. The standard InChI is InChI=1S/C19H20FN5OS.HI/c1-13-9-23-18(27-13)12-25-19(21-2)24-11-14-6-7-17(22-10-14)26-16-5-3-4-15(20)8-16;/h3-10H,11-12H2,1-2H3,(H2,21,24,25);1H. The molecule has 0 radical (unpaired) electrons. The number of aryl methyl sites for hydroxylation is 1. The highest BCUT2D eigenvalue weighted by atomic mass is 127. The van der Waals surface area contributed by atoms with Crippen LogP contribution in [-0.2, 0) is 13.1 Å². The molecule has 148 valence electrons. The van der Waals surface area contributed by atoms with E-state index in [9.17, 15) is 4.39 Å². The maximum atomic E-state index is 13.2. The van der Waals surface area contributed by atoms with Gasteiger partial charge >= 0.3 is 0 Å². The fourth-order valence-corrected chi connectivity index (χ4v) is 3.00. The Labute approximate surface area is 184 Å². The van der Waals surface area contributed by atoms with Crippen molar-refractivity contribution in [3.63, 3.8) is 0 Å². The number of nitrogens with zero attached hydrogens (tertiary/aromatic N) is 3. The lowest BCUT2D eigenvalue weighted by Gasteiger charge is -2.11. The molecule has 0 aliphatic rings. The number of hydrogen-bond donors (Lipinski definition) is 2. The Balaban J connectivity index is 0.00000280. The zero-order valence-corrected chi connectivity index (χ0v) is 18.6. The predicted molar refractivity (Wildman–Crippen MR) is 120 cm³/mol. The number of nitrogens with one attached hydrogen (secondary N) is 2. The summed E-state index contributed by atoms with van der Waals surface area (Å²) in [6.45, 7) is 3.21. The Morgan fingerprint density at radius 2 is 1.96 bits per heavy atom. The number of benzene rings is 1. The van der Waals surface area contributed by atoms with Gasteiger partial charge in [0.1, 0.15) is 16.6 Å². The van der Waals surface area contributed by atoms with E-state index >= 15 is 0 Å². The van der Waals surface area contributed by atoms with E-state index in [0.29, 0.717) is 30.7 Å². The first-order valence-corrected chi connectivity index (χ1v) is 9.18. The van der Waals surface area contributed by atoms with Crippen LogP contribution < -0.4 is 15.4 Å². The van der Waals surface area contributed by atoms with Crippen LogP contribution in [0.4, 0.5) is 4.39 Å². The summed E-state index contributed by atoms with van der Waals surface area (Å²) in [5.74, 6) is 1.16. The second-order valence-corrected chi connectivity index (χ2v) is 7.03. The summed E-state index contributed by atoms with van der Waals surface area (Å²) in [5.41, 5.74) is 0.967. The fourth-order valence-electron chi connectivity index (χ4n) is 2.28. The molecule has 0 spiro atoms. The molecule has 3 rings (SSSR count). The van der Waals surface area contributed by atoms with Crippen LogP contribution in [0.3, 0.4) is 0 Å². The number of hydrogen-bond acceptors (Lipinski definition) is 5. The van der Waals surface area contributed by atoms with Crippen molar-refractivity contribution in [1.82, 2.24) is 20.6 Å². The van der Waals surface area contributed by atoms with Gasteiger partial charge in [0.2, 0.25) is 5.88 Å². The molecule has 0 amide bonds. The molecule has 2 N–H and O–H groups in total. The summed E-state index contributed by atoms with van der Waals surface area (Å²) in [6, 6.07) is 9.60. The number of pyridine rings is 1. The predicted octanol–water partition coefficient (Wildman–Crippen LogP) is 4.26. The maximum Gasteiger partial charge on any atom is 0.219 e. The molecule has 6 nitrogen and oxygen atoms in total. The van der Waals surface area contributed by atoms with Crippen LogP contribution in [0.1, 0.15) is 15.4 Å². The Kier molecular flexibility index (Phi) is 8.58. The average molecular weight is 513 g/mol. The minimum absolute atomic E-state index is 0. The largest absolute Gasteiger partial charge is 0.439 e. The van der Waals surface area contributed by atoms with E-state index < -0.39 is 0 Å². The van der Waals surface area contributed by atoms with Gasteiger partial charge in [0.05, 0.1) is 6.54 Å². The van der Waals surface area contributed by atoms with Crippen molar-refractivity contribution in [3.8, 4) is 11.6 Å². The number of thiazole rings is 1. The van der Waals surface area contributed by atoms with Crippen LogP contribution in [0.5, 0.6) is 11.6 Å². The number of rotatable bonds is 6. The normalized spacial score (nSPS) is 10.9. The monoisotopic (exact) mass is 513 g/mol. The minimum atomic E-state index is -0.347. The molecule has 0 atom stereocenters. The van der Waals surface area contributed by atoms with Gasteiger partial charge < -0.3 is 15.4 Å². The number of ether oxygens (including phenoxy) is 1. The van der Waals surface area contributed by atoms with Gasteiger partial charge in [0.15, 0.2) is 5.96 Å². The van der Waals surface area contributed by atoms with Crippen molar-refractivity contribution in [2.45, 2.75) is 20.0 Å². The highest BCUT2D eigenvalue weighted by Gasteiger charge is 2.04. The molecule has 0 saturated carbocycles. The molecule has 0 unspecified atom stereocenters. The first-order valence-electron chi connectivity index (χ1n) is 8.36. The summed E-state index contributed by atoms with van der Waals surface area (Å²) in [5, 5.41) is 7.46. The maximum absolute atomic E-state index is 13.2. The van der Waals surface area contributed by atoms with Crippen LogP contribution in [0.2, 0.25) is 0 Å². The van der Waals surface area contributed by atoms with Gasteiger partial charge in [-0.3, -0.25) is 4.99 Å². The zero-order chi connectivity index (χ0) is 19.1. The third-order valence-electron chi connectivity index (χ3n) is 3.58. The molecule has 0 aliphatic carbocycles. The van der Waals surface area contributed by atoms with Crippen molar-refractivity contribution in [3.05, 3.63) is 70.1 Å². The lowest BCUT2D eigenvalue weighted by Crippen LogP contribution is -2.36. The van der Waals surface area contributed by atoms with Gasteiger partial charge in [0, 0.05) is 43.0 Å². The first kappa shape index (κ1) is 22.0. The van der Waals surface area contributed by atoms with Crippen molar-refractivity contribution in [2.24, 2.45) is 4.99 Å². The Hall–Kier alpha value is -2.27. The summed E-state index contributed by atoms with van der Waals surface area (Å²) in [7, 11) is 1.72. The Bertz CT molecular complexity index is 917. The van der Waals surface area contributed by atoms with E-state index in [1.165, 1.54) is 17.0 Å². The molecule has 0 saturated heterocycles. The van der Waals surface area contributed by atoms with Crippen LogP contribution >= 0.6 is 35.3 Å². The van der Waals surface area contributed by atoms with Crippen molar-refractivity contribution in [1.29, 1.82) is 0 Å². The zero-order valence-electron chi connectivity index (χ0n) is 15.5. The topological polar surface area (TPSA) is 71.4 Å². The van der Waals surface area contributed by atoms with Gasteiger partial charge in [-0.1, -0.05) is 12.1 Å². The molecule has 0 fully saturated rings. The van der Waals surface area contributed by atoms with E-state index in [4.69, 9.17) is 4.74 Å². The Morgan fingerprint density at radius 1 is 1.14 bits per heavy atom. The lowest BCUT2D eigenvalue weighted by molar-refractivity contribution is 0.457. The van der Waals surface area contributed by atoms with Crippen LogP contribution in [0.15, 0.2) is 53.8 Å². The molecule has 9 heteroatoms. The third kappa shape index (κ3) is 6.71. The molecule has 2 heterocycles. The molecule has 0 aliphatic heterocycles. The summed E-state index contributed by atoms with van der Waals surface area (Å²) >= 11 is 1.65. The third-order valence-corrected chi connectivity index (χ3v) is 4.49. The van der Waals surface area contributed by atoms with Crippen LogP contribution in [0, 0.1) is 12.7 Å². The van der Waals surface area contributed by atoms with E-state index in [0.717, 1.165) is 10.6 Å². The number of halogens is 2. The van der Waals surface area contributed by atoms with Crippen molar-refractivity contribution >= 4 is 41.3 Å². The number of guanidine groups is 1. The fraction of sp³-hybridized carbons (Fsp3) is 0.211. The summed E-state index contributed by atoms with van der Waals surface area (Å²) in [4.78, 5) is 13.9. The van der Waals surface area contributed by atoms with Crippen LogP contribution in [0.25, 0.3) is 0 Å². The molecular formula is C19H21FIN5OS. The second-order valence-electron chi connectivity index (χ2n) is 5.71. The van der Waals surface area contributed by atoms with Crippen LogP contribution in [-0.4, -0.2) is 23.0 Å². The number of aromatic nitrogens is 2. The molecule has 1 aromatic carbocycles. The van der Waals surface area contributed by atoms with Gasteiger partial charge in [-0.2, -0.15) is 0 Å². The molecule has 28 heavy (non-hydrogen) atoms. The lowest BCUT2D eigenvalue weighted by atomic mass is 10.3. The van der Waals surface area contributed by atoms with E-state index in [1.807, 2.05) is 19.2 Å². The quantitative estimate of drug-likeness (QED) is 0.293.